The maximum atomic E-state index is 11.3. The maximum absolute atomic E-state index is 11.3. The summed E-state index contributed by atoms with van der Waals surface area (Å²) in [6, 6.07) is 4.87. The normalized spacial score (nSPS) is 17.4. The van der Waals surface area contributed by atoms with E-state index in [2.05, 4.69) is 4.74 Å². The van der Waals surface area contributed by atoms with E-state index in [-0.39, 0.29) is 12.4 Å². The molecular formula is C12H12O5. The number of esters is 1. The SMILES string of the molecule is COC(=O)C1COc2ccc(C(C)=O)cc2O1. The van der Waals surface area contributed by atoms with Crippen molar-refractivity contribution in [3.8, 4) is 11.5 Å². The highest BCUT2D eigenvalue weighted by Gasteiger charge is 2.28. The largest absolute Gasteiger partial charge is 0.485 e. The van der Waals surface area contributed by atoms with Crippen LogP contribution < -0.4 is 9.47 Å². The van der Waals surface area contributed by atoms with Gasteiger partial charge in [0.2, 0.25) is 6.10 Å². The van der Waals surface area contributed by atoms with E-state index in [0.717, 1.165) is 0 Å². The van der Waals surface area contributed by atoms with E-state index in [9.17, 15) is 9.59 Å². The number of carbonyl (C=O) groups excluding carboxylic acids is 2. The third kappa shape index (κ3) is 2.22. The van der Waals surface area contributed by atoms with Crippen molar-refractivity contribution in [3.05, 3.63) is 23.8 Å². The standard InChI is InChI=1S/C12H12O5/c1-7(13)8-3-4-9-10(5-8)17-11(6-16-9)12(14)15-2/h3-5,11H,6H2,1-2H3. The molecule has 0 radical (unpaired) electrons. The topological polar surface area (TPSA) is 61.8 Å². The maximum Gasteiger partial charge on any atom is 0.350 e. The van der Waals surface area contributed by atoms with E-state index in [1.807, 2.05) is 0 Å². The zero-order valence-electron chi connectivity index (χ0n) is 9.56. The summed E-state index contributed by atoms with van der Waals surface area (Å²) >= 11 is 0. The number of carbonyl (C=O) groups is 2. The molecule has 17 heavy (non-hydrogen) atoms. The molecule has 1 atom stereocenters. The molecule has 0 aromatic heterocycles. The van der Waals surface area contributed by atoms with Crippen molar-refractivity contribution in [3.63, 3.8) is 0 Å². The van der Waals surface area contributed by atoms with Crippen molar-refractivity contribution >= 4 is 11.8 Å². The lowest BCUT2D eigenvalue weighted by Gasteiger charge is -2.24. The van der Waals surface area contributed by atoms with Crippen LogP contribution in [0.1, 0.15) is 17.3 Å². The van der Waals surface area contributed by atoms with E-state index in [1.165, 1.54) is 14.0 Å². The van der Waals surface area contributed by atoms with E-state index in [1.54, 1.807) is 18.2 Å². The first kappa shape index (κ1) is 11.4. The second-order valence-corrected chi connectivity index (χ2v) is 3.66. The fourth-order valence-corrected chi connectivity index (χ4v) is 1.54. The number of hydrogen-bond donors (Lipinski definition) is 0. The molecule has 0 spiro atoms. The second-order valence-electron chi connectivity index (χ2n) is 3.66. The number of ether oxygens (including phenoxy) is 3. The molecule has 0 aliphatic carbocycles. The van der Waals surface area contributed by atoms with Crippen molar-refractivity contribution in [1.29, 1.82) is 0 Å². The van der Waals surface area contributed by atoms with Crippen molar-refractivity contribution in [2.24, 2.45) is 0 Å². The smallest absolute Gasteiger partial charge is 0.350 e. The molecule has 1 aromatic carbocycles. The molecule has 2 rings (SSSR count). The molecule has 1 aromatic rings. The summed E-state index contributed by atoms with van der Waals surface area (Å²) in [6.45, 7) is 1.57. The molecule has 0 amide bonds. The second kappa shape index (κ2) is 4.45. The average molecular weight is 236 g/mol. The molecule has 0 fully saturated rings. The molecule has 0 N–H and O–H groups in total. The highest BCUT2D eigenvalue weighted by Crippen LogP contribution is 2.32. The van der Waals surface area contributed by atoms with Crippen molar-refractivity contribution < 1.29 is 23.8 Å². The van der Waals surface area contributed by atoms with Gasteiger partial charge >= 0.3 is 5.97 Å². The Morgan fingerprint density at radius 1 is 1.35 bits per heavy atom. The fourth-order valence-electron chi connectivity index (χ4n) is 1.54. The third-order valence-electron chi connectivity index (χ3n) is 2.47. The number of fused-ring (bicyclic) bond motifs is 1. The molecule has 1 aliphatic rings. The van der Waals surface area contributed by atoms with Crippen molar-refractivity contribution in [2.75, 3.05) is 13.7 Å². The van der Waals surface area contributed by atoms with E-state index in [4.69, 9.17) is 9.47 Å². The van der Waals surface area contributed by atoms with Gasteiger partial charge in [-0.2, -0.15) is 0 Å². The number of Topliss-reactive ketones (excluding diaryl/α,β-unsaturated/α-hetero) is 1. The van der Waals surface area contributed by atoms with Gasteiger partial charge < -0.3 is 14.2 Å². The zero-order chi connectivity index (χ0) is 12.4. The van der Waals surface area contributed by atoms with Crippen LogP contribution in [-0.4, -0.2) is 31.6 Å². The van der Waals surface area contributed by atoms with E-state index in [0.29, 0.717) is 17.1 Å². The first-order chi connectivity index (χ1) is 8.11. The molecule has 1 unspecified atom stereocenters. The van der Waals surface area contributed by atoms with Crippen LogP contribution in [0.2, 0.25) is 0 Å². The Morgan fingerprint density at radius 2 is 2.12 bits per heavy atom. The number of methoxy groups -OCH3 is 1. The predicted molar refractivity (Wildman–Crippen MR) is 58.4 cm³/mol. The van der Waals surface area contributed by atoms with Gasteiger partial charge in [0, 0.05) is 5.56 Å². The van der Waals surface area contributed by atoms with Crippen LogP contribution in [0.4, 0.5) is 0 Å². The minimum atomic E-state index is -0.783. The van der Waals surface area contributed by atoms with E-state index >= 15 is 0 Å². The van der Waals surface area contributed by atoms with Crippen LogP contribution in [-0.2, 0) is 9.53 Å². The van der Waals surface area contributed by atoms with Crippen LogP contribution in [0.25, 0.3) is 0 Å². The Morgan fingerprint density at radius 3 is 2.76 bits per heavy atom. The summed E-state index contributed by atoms with van der Waals surface area (Å²) in [7, 11) is 1.28. The van der Waals surface area contributed by atoms with Gasteiger partial charge in [-0.1, -0.05) is 0 Å². The Kier molecular flexibility index (Phi) is 2.99. The summed E-state index contributed by atoms with van der Waals surface area (Å²) < 4.78 is 15.4. The highest BCUT2D eigenvalue weighted by molar-refractivity contribution is 5.94. The Bertz CT molecular complexity index is 466. The molecule has 0 saturated heterocycles. The summed E-state index contributed by atoms with van der Waals surface area (Å²) in [5, 5.41) is 0. The molecule has 1 aliphatic heterocycles. The molecule has 5 heteroatoms. The first-order valence-corrected chi connectivity index (χ1v) is 5.14. The molecular weight excluding hydrogens is 224 g/mol. The van der Waals surface area contributed by atoms with Crippen LogP contribution >= 0.6 is 0 Å². The third-order valence-corrected chi connectivity index (χ3v) is 2.47. The molecule has 1 heterocycles. The Hall–Kier alpha value is -2.04. The van der Waals surface area contributed by atoms with Crippen LogP contribution in [0.15, 0.2) is 18.2 Å². The predicted octanol–water partition coefficient (Wildman–Crippen LogP) is 1.20. The van der Waals surface area contributed by atoms with Gasteiger partial charge in [-0.05, 0) is 25.1 Å². The lowest BCUT2D eigenvalue weighted by Crippen LogP contribution is -2.37. The minimum absolute atomic E-state index is 0.0726. The van der Waals surface area contributed by atoms with Crippen LogP contribution in [0, 0.1) is 0 Å². The minimum Gasteiger partial charge on any atom is -0.485 e. The van der Waals surface area contributed by atoms with Gasteiger partial charge in [-0.25, -0.2) is 4.79 Å². The van der Waals surface area contributed by atoms with Crippen LogP contribution in [0.5, 0.6) is 11.5 Å². The highest BCUT2D eigenvalue weighted by atomic mass is 16.6. The number of rotatable bonds is 2. The zero-order valence-corrected chi connectivity index (χ0v) is 9.56. The van der Waals surface area contributed by atoms with E-state index < -0.39 is 12.1 Å². The Labute approximate surface area is 98.3 Å². The Balaban J connectivity index is 2.26. The van der Waals surface area contributed by atoms with Gasteiger partial charge in [0.15, 0.2) is 17.3 Å². The first-order valence-electron chi connectivity index (χ1n) is 5.14. The molecule has 0 bridgehead atoms. The summed E-state index contributed by atoms with van der Waals surface area (Å²) in [6.07, 6.45) is -0.783. The van der Waals surface area contributed by atoms with Crippen LogP contribution in [0.3, 0.4) is 0 Å². The molecule has 90 valence electrons. The van der Waals surface area contributed by atoms with Gasteiger partial charge in [0.1, 0.15) is 6.61 Å². The summed E-state index contributed by atoms with van der Waals surface area (Å²) in [4.78, 5) is 22.5. The number of ketones is 1. The van der Waals surface area contributed by atoms with Gasteiger partial charge in [-0.15, -0.1) is 0 Å². The van der Waals surface area contributed by atoms with Gasteiger partial charge in [-0.3, -0.25) is 4.79 Å². The number of benzene rings is 1. The van der Waals surface area contributed by atoms with Gasteiger partial charge in [0.25, 0.3) is 0 Å². The van der Waals surface area contributed by atoms with Crippen molar-refractivity contribution in [2.45, 2.75) is 13.0 Å². The summed E-state index contributed by atoms with van der Waals surface area (Å²) in [5.74, 6) is 0.343. The van der Waals surface area contributed by atoms with Gasteiger partial charge in [0.05, 0.1) is 7.11 Å². The summed E-state index contributed by atoms with van der Waals surface area (Å²) in [5.41, 5.74) is 0.512. The fraction of sp³-hybridized carbons (Fsp3) is 0.333. The lowest BCUT2D eigenvalue weighted by atomic mass is 10.1. The average Bonchev–Trinajstić information content (AvgIpc) is 2.36. The monoisotopic (exact) mass is 236 g/mol. The lowest BCUT2D eigenvalue weighted by molar-refractivity contribution is -0.151. The quantitative estimate of drug-likeness (QED) is 0.570. The molecule has 0 saturated carbocycles. The van der Waals surface area contributed by atoms with Crippen molar-refractivity contribution in [1.82, 2.24) is 0 Å². The molecule has 5 nitrogen and oxygen atoms in total. The number of hydrogen-bond acceptors (Lipinski definition) is 5.